The lowest BCUT2D eigenvalue weighted by Crippen LogP contribution is -2.32. The first-order valence-electron chi connectivity index (χ1n) is 7.58. The van der Waals surface area contributed by atoms with Gasteiger partial charge in [0.1, 0.15) is 17.6 Å². The van der Waals surface area contributed by atoms with Gasteiger partial charge in [0.2, 0.25) is 0 Å². The van der Waals surface area contributed by atoms with Crippen molar-refractivity contribution in [3.05, 3.63) is 54.0 Å². The number of nitrogens with one attached hydrogen (secondary N) is 1. The fraction of sp³-hybridized carbons (Fsp3) is 0.389. The molecular weight excluding hydrogens is 294 g/mol. The van der Waals surface area contributed by atoms with E-state index in [0.717, 1.165) is 5.56 Å². The molecule has 0 aliphatic heterocycles. The summed E-state index contributed by atoms with van der Waals surface area (Å²) in [4.78, 5) is 11.9. The van der Waals surface area contributed by atoms with Crippen LogP contribution in [0.15, 0.2) is 47.1 Å². The van der Waals surface area contributed by atoms with Crippen molar-refractivity contribution >= 4 is 5.91 Å². The molecule has 0 bridgehead atoms. The summed E-state index contributed by atoms with van der Waals surface area (Å²) in [6, 6.07) is 11.0. The molecule has 0 aliphatic carbocycles. The van der Waals surface area contributed by atoms with E-state index in [0.29, 0.717) is 11.5 Å². The third-order valence-corrected chi connectivity index (χ3v) is 3.42. The van der Waals surface area contributed by atoms with Crippen LogP contribution in [0.2, 0.25) is 0 Å². The standard InChI is InChI=1S/C18H23NO4/c1-18(2,3)13-7-4-5-8-15(13)23-12-17(21)19-11-14(20)16-9-6-10-22-16/h4-10,14,20H,11-12H2,1-3H3,(H,19,21). The van der Waals surface area contributed by atoms with E-state index in [2.05, 4.69) is 26.1 Å². The van der Waals surface area contributed by atoms with Crippen LogP contribution in [-0.4, -0.2) is 24.2 Å². The van der Waals surface area contributed by atoms with Gasteiger partial charge in [0, 0.05) is 0 Å². The number of hydrogen-bond acceptors (Lipinski definition) is 4. The maximum atomic E-state index is 11.9. The second-order valence-corrected chi connectivity index (χ2v) is 6.37. The molecule has 5 heteroatoms. The van der Waals surface area contributed by atoms with Crippen LogP contribution in [0.4, 0.5) is 0 Å². The summed E-state index contributed by atoms with van der Waals surface area (Å²) < 4.78 is 10.7. The van der Waals surface area contributed by atoms with Crippen molar-refractivity contribution in [2.45, 2.75) is 32.3 Å². The third kappa shape index (κ3) is 4.86. The normalized spacial score (nSPS) is 12.7. The Hall–Kier alpha value is -2.27. The van der Waals surface area contributed by atoms with E-state index < -0.39 is 6.10 Å². The van der Waals surface area contributed by atoms with E-state index in [9.17, 15) is 9.90 Å². The predicted molar refractivity (Wildman–Crippen MR) is 87.3 cm³/mol. The largest absolute Gasteiger partial charge is 0.483 e. The average molecular weight is 317 g/mol. The van der Waals surface area contributed by atoms with Crippen molar-refractivity contribution in [2.24, 2.45) is 0 Å². The van der Waals surface area contributed by atoms with Gasteiger partial charge in [0.25, 0.3) is 5.91 Å². The average Bonchev–Trinajstić information content (AvgIpc) is 3.04. The summed E-state index contributed by atoms with van der Waals surface area (Å²) in [5.41, 5.74) is 0.978. The molecule has 1 atom stereocenters. The summed E-state index contributed by atoms with van der Waals surface area (Å²) in [7, 11) is 0. The first-order valence-corrected chi connectivity index (χ1v) is 7.58. The van der Waals surface area contributed by atoms with E-state index in [1.54, 1.807) is 12.1 Å². The minimum absolute atomic E-state index is 0.0669. The molecule has 23 heavy (non-hydrogen) atoms. The topological polar surface area (TPSA) is 71.7 Å². The van der Waals surface area contributed by atoms with E-state index in [4.69, 9.17) is 9.15 Å². The second kappa shape index (κ2) is 7.33. The van der Waals surface area contributed by atoms with Gasteiger partial charge in [-0.05, 0) is 29.2 Å². The van der Waals surface area contributed by atoms with Gasteiger partial charge in [-0.25, -0.2) is 0 Å². The minimum Gasteiger partial charge on any atom is -0.483 e. The number of aliphatic hydroxyl groups is 1. The summed E-state index contributed by atoms with van der Waals surface area (Å²) in [6.45, 7) is 6.26. The minimum atomic E-state index is -0.865. The van der Waals surface area contributed by atoms with Crippen LogP contribution in [-0.2, 0) is 10.2 Å². The lowest BCUT2D eigenvalue weighted by atomic mass is 9.86. The van der Waals surface area contributed by atoms with Gasteiger partial charge in [-0.2, -0.15) is 0 Å². The van der Waals surface area contributed by atoms with Gasteiger partial charge in [0.05, 0.1) is 12.8 Å². The monoisotopic (exact) mass is 317 g/mol. The van der Waals surface area contributed by atoms with Crippen molar-refractivity contribution in [1.82, 2.24) is 5.32 Å². The van der Waals surface area contributed by atoms with Gasteiger partial charge in [-0.3, -0.25) is 4.79 Å². The Kier molecular flexibility index (Phi) is 5.45. The molecule has 1 aromatic carbocycles. The van der Waals surface area contributed by atoms with E-state index >= 15 is 0 Å². The number of para-hydroxylation sites is 1. The van der Waals surface area contributed by atoms with E-state index in [1.807, 2.05) is 24.3 Å². The highest BCUT2D eigenvalue weighted by Gasteiger charge is 2.19. The molecule has 1 heterocycles. The SMILES string of the molecule is CC(C)(C)c1ccccc1OCC(=O)NCC(O)c1ccco1. The van der Waals surface area contributed by atoms with Gasteiger partial charge in [-0.15, -0.1) is 0 Å². The quantitative estimate of drug-likeness (QED) is 0.859. The lowest BCUT2D eigenvalue weighted by Gasteiger charge is -2.22. The number of furan rings is 1. The zero-order chi connectivity index (χ0) is 16.9. The van der Waals surface area contributed by atoms with Crippen LogP contribution in [0.5, 0.6) is 5.75 Å². The zero-order valence-corrected chi connectivity index (χ0v) is 13.7. The molecule has 2 N–H and O–H groups in total. The lowest BCUT2D eigenvalue weighted by molar-refractivity contribution is -0.123. The Morgan fingerprint density at radius 3 is 2.65 bits per heavy atom. The molecule has 1 aromatic heterocycles. The molecule has 0 spiro atoms. The smallest absolute Gasteiger partial charge is 0.258 e. The number of carbonyl (C=O) groups is 1. The van der Waals surface area contributed by atoms with Crippen LogP contribution >= 0.6 is 0 Å². The molecule has 0 radical (unpaired) electrons. The Morgan fingerprint density at radius 2 is 2.00 bits per heavy atom. The number of amides is 1. The maximum Gasteiger partial charge on any atom is 0.258 e. The van der Waals surface area contributed by atoms with Crippen molar-refractivity contribution in [3.63, 3.8) is 0 Å². The molecule has 0 saturated carbocycles. The first kappa shape index (κ1) is 17.1. The van der Waals surface area contributed by atoms with Crippen molar-refractivity contribution in [2.75, 3.05) is 13.2 Å². The molecule has 1 unspecified atom stereocenters. The van der Waals surface area contributed by atoms with Crippen molar-refractivity contribution < 1.29 is 19.1 Å². The van der Waals surface area contributed by atoms with Crippen molar-refractivity contribution in [1.29, 1.82) is 0 Å². The van der Waals surface area contributed by atoms with Crippen molar-refractivity contribution in [3.8, 4) is 5.75 Å². The van der Waals surface area contributed by atoms with Crippen LogP contribution < -0.4 is 10.1 Å². The molecule has 124 valence electrons. The van der Waals surface area contributed by atoms with E-state index in [1.165, 1.54) is 6.26 Å². The van der Waals surface area contributed by atoms with Gasteiger partial charge in [0.15, 0.2) is 6.61 Å². The van der Waals surface area contributed by atoms with Crippen LogP contribution in [0.1, 0.15) is 38.2 Å². The molecule has 5 nitrogen and oxygen atoms in total. The number of ether oxygens (including phenoxy) is 1. The maximum absolute atomic E-state index is 11.9. The Labute approximate surface area is 136 Å². The van der Waals surface area contributed by atoms with Crippen LogP contribution in [0.25, 0.3) is 0 Å². The molecule has 2 aromatic rings. The summed E-state index contributed by atoms with van der Waals surface area (Å²) in [5, 5.41) is 12.5. The highest BCUT2D eigenvalue weighted by Crippen LogP contribution is 2.30. The molecule has 2 rings (SSSR count). The first-order chi connectivity index (χ1) is 10.9. The van der Waals surface area contributed by atoms with Crippen LogP contribution in [0, 0.1) is 0 Å². The molecule has 1 amide bonds. The summed E-state index contributed by atoms with van der Waals surface area (Å²) in [5.74, 6) is 0.824. The fourth-order valence-corrected chi connectivity index (χ4v) is 2.20. The molecule has 0 fully saturated rings. The fourth-order valence-electron chi connectivity index (χ4n) is 2.20. The predicted octanol–water partition coefficient (Wildman–Crippen LogP) is 2.81. The number of hydrogen-bond donors (Lipinski definition) is 2. The summed E-state index contributed by atoms with van der Waals surface area (Å²) >= 11 is 0. The number of aliphatic hydroxyl groups excluding tert-OH is 1. The second-order valence-electron chi connectivity index (χ2n) is 6.37. The Morgan fingerprint density at radius 1 is 1.26 bits per heavy atom. The highest BCUT2D eigenvalue weighted by atomic mass is 16.5. The zero-order valence-electron chi connectivity index (χ0n) is 13.7. The van der Waals surface area contributed by atoms with Gasteiger partial charge < -0.3 is 19.6 Å². The number of carbonyl (C=O) groups excluding carboxylic acids is 1. The van der Waals surface area contributed by atoms with E-state index in [-0.39, 0.29) is 24.5 Å². The summed E-state index contributed by atoms with van der Waals surface area (Å²) in [6.07, 6.45) is 0.614. The highest BCUT2D eigenvalue weighted by molar-refractivity contribution is 5.77. The molecular formula is C18H23NO4. The third-order valence-electron chi connectivity index (χ3n) is 3.42. The van der Waals surface area contributed by atoms with Crippen LogP contribution in [0.3, 0.4) is 0 Å². The Bertz CT molecular complexity index is 629. The van der Waals surface area contributed by atoms with Gasteiger partial charge >= 0.3 is 0 Å². The number of rotatable bonds is 6. The molecule has 0 aliphatic rings. The number of benzene rings is 1. The van der Waals surface area contributed by atoms with Gasteiger partial charge in [-0.1, -0.05) is 39.0 Å². The molecule has 0 saturated heterocycles. The Balaban J connectivity index is 1.85.